The van der Waals surface area contributed by atoms with Crippen LogP contribution in [0.1, 0.15) is 27.7 Å². The van der Waals surface area contributed by atoms with Gasteiger partial charge in [-0.25, -0.2) is 4.79 Å². The number of carbonyl (C=O) groups excluding carboxylic acids is 2. The van der Waals surface area contributed by atoms with Crippen LogP contribution in [0.3, 0.4) is 0 Å². The molecule has 1 N–H and O–H groups in total. The van der Waals surface area contributed by atoms with E-state index in [1.54, 1.807) is 4.90 Å². The largest absolute Gasteiger partial charge is 0.444 e. The minimum Gasteiger partial charge on any atom is -0.444 e. The molecule has 1 aromatic carbocycles. The Labute approximate surface area is 163 Å². The maximum Gasteiger partial charge on any atom is 0.410 e. The molecule has 1 fully saturated rings. The number of nitrogens with zero attached hydrogens (tertiary/aromatic N) is 2. The quantitative estimate of drug-likeness (QED) is 0.706. The van der Waals surface area contributed by atoms with E-state index in [-0.39, 0.29) is 18.0 Å². The molecule has 0 saturated carbocycles. The van der Waals surface area contributed by atoms with E-state index in [1.807, 2.05) is 52.0 Å². The lowest BCUT2D eigenvalue weighted by Crippen LogP contribution is -2.55. The highest BCUT2D eigenvalue weighted by molar-refractivity contribution is 14.1. The van der Waals surface area contributed by atoms with Gasteiger partial charge in [0, 0.05) is 34.9 Å². The van der Waals surface area contributed by atoms with Crippen molar-refractivity contribution < 1.29 is 14.3 Å². The van der Waals surface area contributed by atoms with Gasteiger partial charge in [0.15, 0.2) is 0 Å². The molecule has 1 aliphatic rings. The van der Waals surface area contributed by atoms with E-state index in [1.165, 1.54) is 0 Å². The summed E-state index contributed by atoms with van der Waals surface area (Å²) in [6.07, 6.45) is -0.289. The van der Waals surface area contributed by atoms with Gasteiger partial charge < -0.3 is 15.0 Å². The van der Waals surface area contributed by atoms with Crippen LogP contribution in [0.2, 0.25) is 0 Å². The molecule has 1 aliphatic heterocycles. The molecule has 0 aromatic heterocycles. The topological polar surface area (TPSA) is 61.9 Å². The molecule has 6 nitrogen and oxygen atoms in total. The smallest absolute Gasteiger partial charge is 0.410 e. The molecule has 138 valence electrons. The lowest BCUT2D eigenvalue weighted by atomic mass is 10.2. The average molecular weight is 459 g/mol. The highest BCUT2D eigenvalue weighted by Crippen LogP contribution is 2.15. The van der Waals surface area contributed by atoms with Crippen molar-refractivity contribution in [3.63, 3.8) is 0 Å². The molecule has 0 spiro atoms. The molecule has 1 aromatic rings. The Bertz CT molecular complexity index is 613. The van der Waals surface area contributed by atoms with Crippen molar-refractivity contribution in [3.8, 4) is 0 Å². The predicted octanol–water partition coefficient (Wildman–Crippen LogP) is 3.17. The van der Waals surface area contributed by atoms with E-state index < -0.39 is 5.60 Å². The molecule has 1 saturated heterocycles. The van der Waals surface area contributed by atoms with Crippen molar-refractivity contribution in [2.24, 2.45) is 0 Å². The van der Waals surface area contributed by atoms with Crippen LogP contribution in [-0.2, 0) is 9.53 Å². The fourth-order valence-electron chi connectivity index (χ4n) is 2.64. The minimum atomic E-state index is -0.495. The van der Waals surface area contributed by atoms with Crippen molar-refractivity contribution in [1.29, 1.82) is 0 Å². The summed E-state index contributed by atoms with van der Waals surface area (Å²) in [5.74, 6) is -0.0428. The van der Waals surface area contributed by atoms with Crippen molar-refractivity contribution in [2.45, 2.75) is 39.3 Å². The number of rotatable bonds is 3. The van der Waals surface area contributed by atoms with Gasteiger partial charge in [-0.2, -0.15) is 0 Å². The molecule has 1 atom stereocenters. The zero-order valence-corrected chi connectivity index (χ0v) is 17.4. The van der Waals surface area contributed by atoms with Crippen LogP contribution in [0, 0.1) is 3.57 Å². The van der Waals surface area contributed by atoms with Gasteiger partial charge in [0.2, 0.25) is 5.91 Å². The summed E-state index contributed by atoms with van der Waals surface area (Å²) in [5.41, 5.74) is 0.302. The minimum absolute atomic E-state index is 0.0428. The van der Waals surface area contributed by atoms with E-state index in [9.17, 15) is 9.59 Å². The number of benzene rings is 1. The Hall–Kier alpha value is -1.35. The molecule has 1 heterocycles. The SMILES string of the molecule is CC1CN(C(=O)OC(C)(C)C)CCN1CC(=O)Nc1ccc(I)cc1. The Balaban J connectivity index is 1.83. The lowest BCUT2D eigenvalue weighted by Gasteiger charge is -2.39. The van der Waals surface area contributed by atoms with Crippen LogP contribution in [-0.4, -0.2) is 59.6 Å². The van der Waals surface area contributed by atoms with Gasteiger partial charge >= 0.3 is 6.09 Å². The van der Waals surface area contributed by atoms with Crippen LogP contribution < -0.4 is 5.32 Å². The summed E-state index contributed by atoms with van der Waals surface area (Å²) in [5, 5.41) is 2.91. The fourth-order valence-corrected chi connectivity index (χ4v) is 3.00. The number of piperazine rings is 1. The molecule has 1 unspecified atom stereocenters. The van der Waals surface area contributed by atoms with Crippen molar-refractivity contribution >= 4 is 40.3 Å². The summed E-state index contributed by atoms with van der Waals surface area (Å²) in [7, 11) is 0. The van der Waals surface area contributed by atoms with Gasteiger partial charge in [-0.05, 0) is 74.6 Å². The third-order valence-electron chi connectivity index (χ3n) is 3.89. The van der Waals surface area contributed by atoms with Gasteiger partial charge in [-0.1, -0.05) is 0 Å². The van der Waals surface area contributed by atoms with Crippen LogP contribution >= 0.6 is 22.6 Å². The summed E-state index contributed by atoms with van der Waals surface area (Å²) < 4.78 is 6.55. The van der Waals surface area contributed by atoms with E-state index in [4.69, 9.17) is 4.74 Å². The molecule has 2 rings (SSSR count). The Morgan fingerprint density at radius 2 is 1.88 bits per heavy atom. The van der Waals surface area contributed by atoms with Crippen molar-refractivity contribution in [2.75, 3.05) is 31.5 Å². The Morgan fingerprint density at radius 1 is 1.24 bits per heavy atom. The Morgan fingerprint density at radius 3 is 2.44 bits per heavy atom. The number of hydrogen-bond donors (Lipinski definition) is 1. The number of halogens is 1. The van der Waals surface area contributed by atoms with E-state index in [0.29, 0.717) is 26.2 Å². The highest BCUT2D eigenvalue weighted by atomic mass is 127. The number of hydrogen-bond acceptors (Lipinski definition) is 4. The first-order chi connectivity index (χ1) is 11.6. The van der Waals surface area contributed by atoms with Gasteiger partial charge in [0.05, 0.1) is 6.54 Å². The molecule has 7 heteroatoms. The van der Waals surface area contributed by atoms with Gasteiger partial charge in [-0.3, -0.25) is 9.69 Å². The number of nitrogens with one attached hydrogen (secondary N) is 1. The highest BCUT2D eigenvalue weighted by Gasteiger charge is 2.30. The van der Waals surface area contributed by atoms with Gasteiger partial charge in [-0.15, -0.1) is 0 Å². The standard InChI is InChI=1S/C18H26IN3O3/c1-13-11-22(17(24)25-18(2,3)4)10-9-21(13)12-16(23)20-15-7-5-14(19)6-8-15/h5-8,13H,9-12H2,1-4H3,(H,20,23). The van der Waals surface area contributed by atoms with E-state index in [0.717, 1.165) is 9.26 Å². The fraction of sp³-hybridized carbons (Fsp3) is 0.556. The number of anilines is 1. The number of carbonyl (C=O) groups is 2. The zero-order valence-electron chi connectivity index (χ0n) is 15.2. The molecule has 0 aliphatic carbocycles. The monoisotopic (exact) mass is 459 g/mol. The summed E-state index contributed by atoms with van der Waals surface area (Å²) in [4.78, 5) is 28.2. The van der Waals surface area contributed by atoms with Gasteiger partial charge in [0.1, 0.15) is 5.60 Å². The molecular weight excluding hydrogens is 433 g/mol. The molecule has 2 amide bonds. The van der Waals surface area contributed by atoms with Gasteiger partial charge in [0.25, 0.3) is 0 Å². The predicted molar refractivity (Wildman–Crippen MR) is 107 cm³/mol. The average Bonchev–Trinajstić information content (AvgIpc) is 2.50. The zero-order chi connectivity index (χ0) is 18.6. The second-order valence-corrected chi connectivity index (χ2v) is 8.55. The third-order valence-corrected chi connectivity index (χ3v) is 4.61. The summed E-state index contributed by atoms with van der Waals surface area (Å²) >= 11 is 2.23. The second-order valence-electron chi connectivity index (χ2n) is 7.30. The maximum absolute atomic E-state index is 12.3. The maximum atomic E-state index is 12.3. The summed E-state index contributed by atoms with van der Waals surface area (Å²) in [6.45, 7) is 9.70. The first-order valence-electron chi connectivity index (χ1n) is 8.41. The molecule has 25 heavy (non-hydrogen) atoms. The van der Waals surface area contributed by atoms with Crippen LogP contribution in [0.4, 0.5) is 10.5 Å². The molecule has 0 radical (unpaired) electrons. The van der Waals surface area contributed by atoms with Crippen molar-refractivity contribution in [3.05, 3.63) is 27.8 Å². The van der Waals surface area contributed by atoms with Crippen molar-refractivity contribution in [1.82, 2.24) is 9.80 Å². The molecular formula is C18H26IN3O3. The normalized spacial score (nSPS) is 18.8. The van der Waals surface area contributed by atoms with Crippen LogP contribution in [0.15, 0.2) is 24.3 Å². The number of ether oxygens (including phenoxy) is 1. The van der Waals surface area contributed by atoms with E-state index >= 15 is 0 Å². The number of amides is 2. The van der Waals surface area contributed by atoms with E-state index in [2.05, 4.69) is 32.8 Å². The Kier molecular flexibility index (Phi) is 6.67. The third kappa shape index (κ3) is 6.47. The van der Waals surface area contributed by atoms with Crippen LogP contribution in [0.25, 0.3) is 0 Å². The lowest BCUT2D eigenvalue weighted by molar-refractivity contribution is -0.118. The second kappa shape index (κ2) is 8.35. The first kappa shape index (κ1) is 20.0. The molecule has 0 bridgehead atoms. The summed E-state index contributed by atoms with van der Waals surface area (Å²) in [6, 6.07) is 7.80. The first-order valence-corrected chi connectivity index (χ1v) is 9.49. The van der Waals surface area contributed by atoms with Crippen LogP contribution in [0.5, 0.6) is 0 Å².